The lowest BCUT2D eigenvalue weighted by Gasteiger charge is -2.15. The Morgan fingerprint density at radius 3 is 2.76 bits per heavy atom. The van der Waals surface area contributed by atoms with E-state index in [1.165, 1.54) is 11.3 Å². The molecule has 0 spiro atoms. The van der Waals surface area contributed by atoms with E-state index in [4.69, 9.17) is 6.42 Å². The number of terminal acetylenes is 1. The Hall–Kier alpha value is -1.34. The Kier molecular flexibility index (Phi) is 2.96. The highest BCUT2D eigenvalue weighted by Gasteiger charge is 2.31. The second kappa shape index (κ2) is 4.15. The topological polar surface area (TPSA) is 33.2 Å². The molecule has 0 bridgehead atoms. The number of hydrogen-bond acceptors (Lipinski definition) is 3. The summed E-state index contributed by atoms with van der Waals surface area (Å²) in [7, 11) is 0. The van der Waals surface area contributed by atoms with Crippen molar-refractivity contribution in [3.63, 3.8) is 0 Å². The molecule has 1 aromatic rings. The number of hydrogen-bond donors (Lipinski definition) is 0. The lowest BCUT2D eigenvalue weighted by atomic mass is 9.93. The van der Waals surface area contributed by atoms with E-state index in [2.05, 4.69) is 31.7 Å². The van der Waals surface area contributed by atoms with Crippen LogP contribution in [0.25, 0.3) is 0 Å². The van der Waals surface area contributed by atoms with E-state index in [0.717, 1.165) is 10.8 Å². The van der Waals surface area contributed by atoms with Crippen molar-refractivity contribution in [1.82, 2.24) is 4.98 Å². The molecule has 3 nitrogen and oxygen atoms in total. The van der Waals surface area contributed by atoms with Crippen molar-refractivity contribution >= 4 is 22.4 Å². The van der Waals surface area contributed by atoms with Crippen LogP contribution in [0.5, 0.6) is 0 Å². The molecule has 90 valence electrons. The number of nitrogens with zero attached hydrogens (tertiary/aromatic N) is 2. The zero-order valence-electron chi connectivity index (χ0n) is 10.4. The van der Waals surface area contributed by atoms with Gasteiger partial charge in [-0.1, -0.05) is 20.8 Å². The van der Waals surface area contributed by atoms with E-state index in [0.29, 0.717) is 13.0 Å². The van der Waals surface area contributed by atoms with Gasteiger partial charge in [0, 0.05) is 29.7 Å². The molecule has 4 heteroatoms. The number of rotatable bonds is 1. The largest absolute Gasteiger partial charge is 0.287 e. The molecule has 0 radical (unpaired) electrons. The molecule has 1 fully saturated rings. The van der Waals surface area contributed by atoms with Gasteiger partial charge in [0.2, 0.25) is 5.91 Å². The van der Waals surface area contributed by atoms with Crippen LogP contribution in [0.3, 0.4) is 0 Å². The van der Waals surface area contributed by atoms with Gasteiger partial charge in [-0.2, -0.15) is 0 Å². The molecular weight excluding hydrogens is 232 g/mol. The number of amides is 1. The van der Waals surface area contributed by atoms with Gasteiger partial charge in [0.1, 0.15) is 0 Å². The van der Waals surface area contributed by atoms with Crippen LogP contribution in [0.4, 0.5) is 5.13 Å². The van der Waals surface area contributed by atoms with Crippen molar-refractivity contribution in [2.24, 2.45) is 5.92 Å². The standard InChI is InChI=1S/C13H16N2OS/c1-5-9-6-11(16)15(7-9)12-14-10(8-17-12)13(2,3)4/h1,8-9H,6-7H2,2-4H3. The fraction of sp³-hybridized carbons (Fsp3) is 0.538. The van der Waals surface area contributed by atoms with Crippen LogP contribution in [0.1, 0.15) is 32.9 Å². The normalized spacial score (nSPS) is 20.7. The molecule has 1 atom stereocenters. The fourth-order valence-electron chi connectivity index (χ4n) is 1.74. The van der Waals surface area contributed by atoms with Crippen LogP contribution in [-0.2, 0) is 10.2 Å². The Morgan fingerprint density at radius 1 is 1.59 bits per heavy atom. The van der Waals surface area contributed by atoms with Crippen molar-refractivity contribution in [2.75, 3.05) is 11.4 Å². The first-order chi connectivity index (χ1) is 7.91. The number of carbonyl (C=O) groups is 1. The molecule has 1 aliphatic rings. The summed E-state index contributed by atoms with van der Waals surface area (Å²) < 4.78 is 0. The lowest BCUT2D eigenvalue weighted by Crippen LogP contribution is -2.24. The van der Waals surface area contributed by atoms with Gasteiger partial charge >= 0.3 is 0 Å². The van der Waals surface area contributed by atoms with E-state index in [1.54, 1.807) is 4.90 Å². The van der Waals surface area contributed by atoms with E-state index < -0.39 is 0 Å². The maximum absolute atomic E-state index is 11.8. The lowest BCUT2D eigenvalue weighted by molar-refractivity contribution is -0.117. The van der Waals surface area contributed by atoms with Crippen molar-refractivity contribution < 1.29 is 4.79 Å². The quantitative estimate of drug-likeness (QED) is 0.715. The predicted octanol–water partition coefficient (Wildman–Crippen LogP) is 2.43. The monoisotopic (exact) mass is 248 g/mol. The summed E-state index contributed by atoms with van der Waals surface area (Å²) in [6.07, 6.45) is 5.81. The van der Waals surface area contributed by atoms with Crippen LogP contribution >= 0.6 is 11.3 Å². The molecule has 0 N–H and O–H groups in total. The third-order valence-corrected chi connectivity index (χ3v) is 3.72. The number of anilines is 1. The first kappa shape index (κ1) is 12.1. The Bertz CT molecular complexity index is 478. The van der Waals surface area contributed by atoms with E-state index in [9.17, 15) is 4.79 Å². The van der Waals surface area contributed by atoms with E-state index in [-0.39, 0.29) is 17.2 Å². The third-order valence-electron chi connectivity index (χ3n) is 2.85. The molecule has 0 aliphatic carbocycles. The Balaban J connectivity index is 2.22. The Morgan fingerprint density at radius 2 is 2.29 bits per heavy atom. The van der Waals surface area contributed by atoms with Crippen LogP contribution in [0.15, 0.2) is 5.38 Å². The summed E-state index contributed by atoms with van der Waals surface area (Å²) in [5.41, 5.74) is 1.04. The first-order valence-electron chi connectivity index (χ1n) is 5.64. The minimum Gasteiger partial charge on any atom is -0.287 e. The second-order valence-corrected chi connectivity index (χ2v) is 6.17. The fourth-order valence-corrected chi connectivity index (χ4v) is 2.81. The summed E-state index contributed by atoms with van der Waals surface area (Å²) in [6.45, 7) is 6.94. The maximum Gasteiger partial charge on any atom is 0.230 e. The molecule has 17 heavy (non-hydrogen) atoms. The summed E-state index contributed by atoms with van der Waals surface area (Å²) in [5, 5.41) is 2.80. The zero-order chi connectivity index (χ0) is 12.6. The van der Waals surface area contributed by atoms with Gasteiger partial charge in [-0.05, 0) is 0 Å². The summed E-state index contributed by atoms with van der Waals surface area (Å²) >= 11 is 1.52. The summed E-state index contributed by atoms with van der Waals surface area (Å²) in [6, 6.07) is 0. The highest BCUT2D eigenvalue weighted by molar-refractivity contribution is 7.14. The van der Waals surface area contributed by atoms with Gasteiger partial charge in [-0.3, -0.25) is 9.69 Å². The van der Waals surface area contributed by atoms with Crippen LogP contribution < -0.4 is 4.90 Å². The molecule has 2 rings (SSSR count). The number of carbonyl (C=O) groups excluding carboxylic acids is 1. The van der Waals surface area contributed by atoms with E-state index in [1.807, 2.05) is 5.38 Å². The van der Waals surface area contributed by atoms with Crippen molar-refractivity contribution in [1.29, 1.82) is 0 Å². The van der Waals surface area contributed by atoms with Crippen LogP contribution in [0, 0.1) is 18.3 Å². The average Bonchev–Trinajstić information content (AvgIpc) is 2.82. The van der Waals surface area contributed by atoms with Gasteiger partial charge < -0.3 is 0 Å². The van der Waals surface area contributed by atoms with Crippen molar-refractivity contribution in [2.45, 2.75) is 32.6 Å². The molecule has 2 heterocycles. The minimum atomic E-state index is 0.0169. The zero-order valence-corrected chi connectivity index (χ0v) is 11.2. The molecule has 1 unspecified atom stereocenters. The molecule has 0 aromatic carbocycles. The highest BCUT2D eigenvalue weighted by atomic mass is 32.1. The smallest absolute Gasteiger partial charge is 0.230 e. The van der Waals surface area contributed by atoms with Gasteiger partial charge in [0.15, 0.2) is 5.13 Å². The molecule has 0 saturated carbocycles. The maximum atomic E-state index is 11.8. The first-order valence-corrected chi connectivity index (χ1v) is 6.52. The summed E-state index contributed by atoms with van der Waals surface area (Å²) in [4.78, 5) is 18.1. The highest BCUT2D eigenvalue weighted by Crippen LogP contribution is 2.31. The van der Waals surface area contributed by atoms with Gasteiger partial charge in [-0.15, -0.1) is 23.7 Å². The molecule has 1 amide bonds. The van der Waals surface area contributed by atoms with Gasteiger partial charge in [0.05, 0.1) is 5.69 Å². The number of aromatic nitrogens is 1. The van der Waals surface area contributed by atoms with Crippen LogP contribution in [-0.4, -0.2) is 17.4 Å². The SMILES string of the molecule is C#CC1CC(=O)N(c2nc(C(C)(C)C)cs2)C1. The second-order valence-electron chi connectivity index (χ2n) is 5.34. The van der Waals surface area contributed by atoms with E-state index >= 15 is 0 Å². The summed E-state index contributed by atoms with van der Waals surface area (Å²) in [5.74, 6) is 2.76. The van der Waals surface area contributed by atoms with Crippen molar-refractivity contribution in [3.05, 3.63) is 11.1 Å². The van der Waals surface area contributed by atoms with Crippen molar-refractivity contribution in [3.8, 4) is 12.3 Å². The van der Waals surface area contributed by atoms with Crippen LogP contribution in [0.2, 0.25) is 0 Å². The Labute approximate surface area is 106 Å². The third kappa shape index (κ3) is 2.34. The molecule has 1 aliphatic heterocycles. The molecule has 1 saturated heterocycles. The predicted molar refractivity (Wildman–Crippen MR) is 70.1 cm³/mol. The minimum absolute atomic E-state index is 0.0169. The van der Waals surface area contributed by atoms with Gasteiger partial charge in [0.25, 0.3) is 0 Å². The number of thiazole rings is 1. The molecular formula is C13H16N2OS. The van der Waals surface area contributed by atoms with Gasteiger partial charge in [-0.25, -0.2) is 4.98 Å². The molecule has 1 aromatic heterocycles. The average molecular weight is 248 g/mol.